The molecule has 0 fully saturated rings. The molecule has 46 valence electrons. The third-order valence-corrected chi connectivity index (χ3v) is 0.842. The molecule has 0 saturated heterocycles. The zero-order valence-corrected chi connectivity index (χ0v) is 4.77. The number of nitrogens with zero attached hydrogens (tertiary/aromatic N) is 2. The van der Waals surface area contributed by atoms with Gasteiger partial charge in [0.15, 0.2) is 0 Å². The van der Waals surface area contributed by atoms with E-state index >= 15 is 0 Å². The molecule has 3 heteroatoms. The van der Waals surface area contributed by atoms with Crippen LogP contribution in [-0.2, 0) is 4.79 Å². The predicted molar refractivity (Wildman–Crippen MR) is 33.6 cm³/mol. The average molecular weight is 122 g/mol. The van der Waals surface area contributed by atoms with Gasteiger partial charge < -0.3 is 0 Å². The van der Waals surface area contributed by atoms with Gasteiger partial charge in [-0.2, -0.15) is 5.10 Å². The van der Waals surface area contributed by atoms with Crippen molar-refractivity contribution in [3.05, 3.63) is 24.5 Å². The summed E-state index contributed by atoms with van der Waals surface area (Å²) < 4.78 is 1.55. The second kappa shape index (κ2) is 2.81. The Morgan fingerprint density at radius 2 is 2.44 bits per heavy atom. The number of hydrogen-bond donors (Lipinski definition) is 0. The maximum Gasteiger partial charge on any atom is 0.144 e. The molecule has 0 aromatic carbocycles. The normalized spacial score (nSPS) is 10.2. The van der Waals surface area contributed by atoms with Crippen molar-refractivity contribution in [2.45, 2.75) is 0 Å². The van der Waals surface area contributed by atoms with Crippen LogP contribution in [-0.4, -0.2) is 16.1 Å². The van der Waals surface area contributed by atoms with Crippen molar-refractivity contribution in [3.8, 4) is 0 Å². The van der Waals surface area contributed by atoms with Crippen LogP contribution in [0.25, 0.3) is 6.20 Å². The lowest BCUT2D eigenvalue weighted by Crippen LogP contribution is -1.83. The van der Waals surface area contributed by atoms with Gasteiger partial charge in [0.05, 0.1) is 0 Å². The molecule has 0 aliphatic rings. The standard InChI is InChI=1S/C6H6N2O/c9-6-2-5-8-4-1-3-7-8/h1-6H/b5-2+. The Labute approximate surface area is 52.6 Å². The van der Waals surface area contributed by atoms with E-state index in [1.54, 1.807) is 29.3 Å². The molecule has 1 rings (SSSR count). The molecule has 3 nitrogen and oxygen atoms in total. The molecule has 0 saturated carbocycles. The third kappa shape index (κ3) is 1.53. The number of carbonyl (C=O) groups excluding carboxylic acids is 1. The van der Waals surface area contributed by atoms with E-state index in [1.807, 2.05) is 0 Å². The fourth-order valence-corrected chi connectivity index (χ4v) is 0.492. The summed E-state index contributed by atoms with van der Waals surface area (Å²) >= 11 is 0. The van der Waals surface area contributed by atoms with Crippen molar-refractivity contribution in [3.63, 3.8) is 0 Å². The Morgan fingerprint density at radius 3 is 3.00 bits per heavy atom. The zero-order valence-electron chi connectivity index (χ0n) is 4.77. The molecule has 0 bridgehead atoms. The van der Waals surface area contributed by atoms with Crippen LogP contribution < -0.4 is 0 Å². The Morgan fingerprint density at radius 1 is 1.56 bits per heavy atom. The van der Waals surface area contributed by atoms with Gasteiger partial charge in [-0.3, -0.25) is 4.79 Å². The smallest absolute Gasteiger partial charge is 0.144 e. The van der Waals surface area contributed by atoms with Crippen LogP contribution >= 0.6 is 0 Å². The molecule has 1 aromatic heterocycles. The van der Waals surface area contributed by atoms with Gasteiger partial charge >= 0.3 is 0 Å². The van der Waals surface area contributed by atoms with Crippen molar-refractivity contribution in [2.75, 3.05) is 0 Å². The van der Waals surface area contributed by atoms with Crippen LogP contribution in [0.3, 0.4) is 0 Å². The van der Waals surface area contributed by atoms with Gasteiger partial charge in [0.2, 0.25) is 0 Å². The molecule has 0 aliphatic heterocycles. The topological polar surface area (TPSA) is 34.9 Å². The van der Waals surface area contributed by atoms with Gasteiger partial charge in [0.1, 0.15) is 6.29 Å². The highest BCUT2D eigenvalue weighted by molar-refractivity contribution is 5.69. The summed E-state index contributed by atoms with van der Waals surface area (Å²) in [5.74, 6) is 0. The molecule has 1 heterocycles. The van der Waals surface area contributed by atoms with E-state index in [9.17, 15) is 4.79 Å². The summed E-state index contributed by atoms with van der Waals surface area (Å²) in [6, 6.07) is 1.79. The Kier molecular flexibility index (Phi) is 1.80. The molecular formula is C6H6N2O. The Hall–Kier alpha value is -1.38. The number of rotatable bonds is 2. The van der Waals surface area contributed by atoms with Crippen LogP contribution in [0.15, 0.2) is 24.5 Å². The average Bonchev–Trinajstić information content (AvgIpc) is 2.34. The van der Waals surface area contributed by atoms with Crippen molar-refractivity contribution in [1.82, 2.24) is 9.78 Å². The molecule has 0 atom stereocenters. The lowest BCUT2D eigenvalue weighted by Gasteiger charge is -1.83. The van der Waals surface area contributed by atoms with Crippen LogP contribution in [0, 0.1) is 0 Å². The van der Waals surface area contributed by atoms with E-state index < -0.39 is 0 Å². The van der Waals surface area contributed by atoms with Crippen LogP contribution in [0.4, 0.5) is 0 Å². The van der Waals surface area contributed by atoms with Crippen molar-refractivity contribution in [1.29, 1.82) is 0 Å². The van der Waals surface area contributed by atoms with E-state index in [0.29, 0.717) is 6.29 Å². The summed E-state index contributed by atoms with van der Waals surface area (Å²) in [7, 11) is 0. The summed E-state index contributed by atoms with van der Waals surface area (Å²) in [6.07, 6.45) is 7.07. The molecule has 0 unspecified atom stereocenters. The highest BCUT2D eigenvalue weighted by atomic mass is 16.1. The van der Waals surface area contributed by atoms with Gasteiger partial charge in [-0.25, -0.2) is 4.68 Å². The Balaban J connectivity index is 2.67. The van der Waals surface area contributed by atoms with E-state index in [1.165, 1.54) is 6.08 Å². The largest absolute Gasteiger partial charge is 0.299 e. The highest BCUT2D eigenvalue weighted by Gasteiger charge is 1.76. The molecule has 9 heavy (non-hydrogen) atoms. The Bertz CT molecular complexity index is 201. The van der Waals surface area contributed by atoms with Gasteiger partial charge in [-0.15, -0.1) is 0 Å². The van der Waals surface area contributed by atoms with E-state index in [2.05, 4.69) is 5.10 Å². The summed E-state index contributed by atoms with van der Waals surface area (Å²) in [6.45, 7) is 0. The van der Waals surface area contributed by atoms with Crippen LogP contribution in [0.2, 0.25) is 0 Å². The number of aldehydes is 1. The minimum atomic E-state index is 0.710. The van der Waals surface area contributed by atoms with E-state index in [4.69, 9.17) is 0 Å². The van der Waals surface area contributed by atoms with Gasteiger partial charge in [-0.05, 0) is 12.1 Å². The fourth-order valence-electron chi connectivity index (χ4n) is 0.492. The van der Waals surface area contributed by atoms with Gasteiger partial charge in [0.25, 0.3) is 0 Å². The first-order valence-electron chi connectivity index (χ1n) is 2.54. The van der Waals surface area contributed by atoms with Gasteiger partial charge in [0, 0.05) is 18.6 Å². The fraction of sp³-hybridized carbons (Fsp3) is 0. The molecular weight excluding hydrogens is 116 g/mol. The summed E-state index contributed by atoms with van der Waals surface area (Å²) in [4.78, 5) is 9.77. The SMILES string of the molecule is O=C/C=C/n1cccn1. The molecule has 0 spiro atoms. The first-order chi connectivity index (χ1) is 4.43. The molecule has 1 aromatic rings. The molecule has 0 N–H and O–H groups in total. The maximum atomic E-state index is 9.77. The summed E-state index contributed by atoms with van der Waals surface area (Å²) in [5, 5.41) is 3.82. The molecule has 0 amide bonds. The first-order valence-corrected chi connectivity index (χ1v) is 2.54. The van der Waals surface area contributed by atoms with Crippen molar-refractivity contribution in [2.24, 2.45) is 0 Å². The van der Waals surface area contributed by atoms with Gasteiger partial charge in [-0.1, -0.05) is 0 Å². The third-order valence-electron chi connectivity index (χ3n) is 0.842. The molecule has 0 radical (unpaired) electrons. The van der Waals surface area contributed by atoms with E-state index in [-0.39, 0.29) is 0 Å². The highest BCUT2D eigenvalue weighted by Crippen LogP contribution is 1.82. The lowest BCUT2D eigenvalue weighted by molar-refractivity contribution is -0.104. The minimum absolute atomic E-state index is 0.710. The first kappa shape index (κ1) is 5.75. The monoisotopic (exact) mass is 122 g/mol. The number of hydrogen-bond acceptors (Lipinski definition) is 2. The van der Waals surface area contributed by atoms with Crippen LogP contribution in [0.1, 0.15) is 0 Å². The quantitative estimate of drug-likeness (QED) is 0.424. The summed E-state index contributed by atoms with van der Waals surface area (Å²) in [5.41, 5.74) is 0. The second-order valence-corrected chi connectivity index (χ2v) is 1.46. The van der Waals surface area contributed by atoms with Crippen molar-refractivity contribution < 1.29 is 4.79 Å². The zero-order chi connectivity index (χ0) is 6.53. The number of aromatic nitrogens is 2. The van der Waals surface area contributed by atoms with Crippen LogP contribution in [0.5, 0.6) is 0 Å². The molecule has 0 aliphatic carbocycles. The number of allylic oxidation sites excluding steroid dienone is 1. The number of carbonyl (C=O) groups is 1. The minimum Gasteiger partial charge on any atom is -0.299 e. The maximum absolute atomic E-state index is 9.77. The second-order valence-electron chi connectivity index (χ2n) is 1.46. The lowest BCUT2D eigenvalue weighted by atomic mass is 10.7. The van der Waals surface area contributed by atoms with E-state index in [0.717, 1.165) is 0 Å². The predicted octanol–water partition coefficient (Wildman–Crippen LogP) is 0.553. The van der Waals surface area contributed by atoms with Crippen molar-refractivity contribution >= 4 is 12.5 Å².